The van der Waals surface area contributed by atoms with E-state index in [-0.39, 0.29) is 0 Å². The van der Waals surface area contributed by atoms with Gasteiger partial charge in [-0.25, -0.2) is 9.97 Å². The summed E-state index contributed by atoms with van der Waals surface area (Å²) >= 11 is 1.75. The van der Waals surface area contributed by atoms with E-state index in [0.29, 0.717) is 0 Å². The quantitative estimate of drug-likeness (QED) is 0.785. The number of fused-ring (bicyclic) bond motifs is 1. The highest BCUT2D eigenvalue weighted by Gasteiger charge is 2.18. The van der Waals surface area contributed by atoms with Gasteiger partial charge >= 0.3 is 0 Å². The topological polar surface area (TPSA) is 53.9 Å². The highest BCUT2D eigenvalue weighted by molar-refractivity contribution is 7.18. The molecule has 1 aliphatic rings. The molecule has 3 aromatic heterocycles. The third-order valence-corrected chi connectivity index (χ3v) is 5.24. The Morgan fingerprint density at radius 2 is 2.00 bits per heavy atom. The smallest absolute Gasteiger partial charge is 0.162 e. The Morgan fingerprint density at radius 1 is 1.13 bits per heavy atom. The molecule has 0 unspecified atom stereocenters. The first kappa shape index (κ1) is 14.5. The molecule has 6 heteroatoms. The Balaban J connectivity index is 1.87. The first-order valence-electron chi connectivity index (χ1n) is 7.95. The van der Waals surface area contributed by atoms with E-state index in [2.05, 4.69) is 27.5 Å². The first-order chi connectivity index (χ1) is 11.3. The predicted molar refractivity (Wildman–Crippen MR) is 95.1 cm³/mol. The van der Waals surface area contributed by atoms with Gasteiger partial charge in [0.05, 0.1) is 10.2 Å². The van der Waals surface area contributed by atoms with E-state index in [1.807, 2.05) is 12.1 Å². The van der Waals surface area contributed by atoms with Crippen molar-refractivity contribution < 1.29 is 0 Å². The maximum atomic E-state index is 4.92. The fraction of sp³-hybridized carbons (Fsp3) is 0.353. The van der Waals surface area contributed by atoms with Crippen molar-refractivity contribution in [2.24, 2.45) is 0 Å². The van der Waals surface area contributed by atoms with Gasteiger partial charge in [-0.2, -0.15) is 0 Å². The SMILES string of the molecule is Cc1csc2c(N3CCCNCC3)nc(-c3ccncc3)nc12. The number of thiophene rings is 1. The summed E-state index contributed by atoms with van der Waals surface area (Å²) < 4.78 is 1.20. The third-order valence-electron chi connectivity index (χ3n) is 4.15. The van der Waals surface area contributed by atoms with Gasteiger partial charge in [0.25, 0.3) is 0 Å². The Bertz CT molecular complexity index is 806. The van der Waals surface area contributed by atoms with Crippen LogP contribution in [-0.4, -0.2) is 41.1 Å². The molecule has 0 saturated carbocycles. The van der Waals surface area contributed by atoms with Gasteiger partial charge in [-0.15, -0.1) is 11.3 Å². The molecule has 5 nitrogen and oxygen atoms in total. The van der Waals surface area contributed by atoms with Crippen LogP contribution in [0.3, 0.4) is 0 Å². The molecule has 1 fully saturated rings. The van der Waals surface area contributed by atoms with E-state index < -0.39 is 0 Å². The van der Waals surface area contributed by atoms with Gasteiger partial charge in [0.2, 0.25) is 0 Å². The largest absolute Gasteiger partial charge is 0.354 e. The standard InChI is InChI=1S/C17H19N5S/c1-12-11-23-15-14(12)20-16(13-3-6-19-7-4-13)21-17(15)22-9-2-5-18-8-10-22/h3-4,6-7,11,18H,2,5,8-10H2,1H3. The molecule has 4 rings (SSSR count). The molecular formula is C17H19N5S. The number of nitrogens with one attached hydrogen (secondary N) is 1. The minimum absolute atomic E-state index is 0.786. The maximum Gasteiger partial charge on any atom is 0.162 e. The lowest BCUT2D eigenvalue weighted by Crippen LogP contribution is -2.28. The Kier molecular flexibility index (Phi) is 3.93. The van der Waals surface area contributed by atoms with Crippen LogP contribution < -0.4 is 10.2 Å². The van der Waals surface area contributed by atoms with Gasteiger partial charge in [-0.1, -0.05) is 0 Å². The molecule has 0 radical (unpaired) electrons. The van der Waals surface area contributed by atoms with E-state index >= 15 is 0 Å². The zero-order valence-corrected chi connectivity index (χ0v) is 13.9. The van der Waals surface area contributed by atoms with Crippen molar-refractivity contribution in [2.45, 2.75) is 13.3 Å². The Morgan fingerprint density at radius 3 is 2.87 bits per heavy atom. The number of hydrogen-bond donors (Lipinski definition) is 1. The Labute approximate surface area is 139 Å². The molecule has 0 aromatic carbocycles. The van der Waals surface area contributed by atoms with Crippen LogP contribution in [-0.2, 0) is 0 Å². The highest BCUT2D eigenvalue weighted by atomic mass is 32.1. The molecular weight excluding hydrogens is 306 g/mol. The molecule has 0 spiro atoms. The molecule has 4 heterocycles. The predicted octanol–water partition coefficient (Wildman–Crippen LogP) is 2.86. The molecule has 0 amide bonds. The first-order valence-corrected chi connectivity index (χ1v) is 8.83. The van der Waals surface area contributed by atoms with Crippen LogP contribution in [0.4, 0.5) is 5.82 Å². The Hall–Kier alpha value is -2.05. The summed E-state index contributed by atoms with van der Waals surface area (Å²) in [5.74, 6) is 1.86. The summed E-state index contributed by atoms with van der Waals surface area (Å²) in [4.78, 5) is 16.2. The van der Waals surface area contributed by atoms with Gasteiger partial charge in [-0.05, 0) is 43.0 Å². The zero-order valence-electron chi connectivity index (χ0n) is 13.1. The van der Waals surface area contributed by atoms with Crippen molar-refractivity contribution in [3.05, 3.63) is 35.5 Å². The van der Waals surface area contributed by atoms with E-state index in [1.54, 1.807) is 23.7 Å². The van der Waals surface area contributed by atoms with E-state index in [4.69, 9.17) is 9.97 Å². The van der Waals surface area contributed by atoms with Gasteiger partial charge in [0.15, 0.2) is 11.6 Å². The minimum atomic E-state index is 0.786. The average molecular weight is 325 g/mol. The number of rotatable bonds is 2. The highest BCUT2D eigenvalue weighted by Crippen LogP contribution is 2.33. The van der Waals surface area contributed by atoms with Crippen molar-refractivity contribution in [2.75, 3.05) is 31.1 Å². The lowest BCUT2D eigenvalue weighted by atomic mass is 10.2. The normalized spacial score (nSPS) is 15.8. The fourth-order valence-corrected chi connectivity index (χ4v) is 3.92. The summed E-state index contributed by atoms with van der Waals surface area (Å²) in [6.45, 7) is 6.21. The molecule has 0 bridgehead atoms. The summed E-state index contributed by atoms with van der Waals surface area (Å²) in [5.41, 5.74) is 3.31. The second-order valence-corrected chi connectivity index (χ2v) is 6.67. The lowest BCUT2D eigenvalue weighted by molar-refractivity contribution is 0.724. The summed E-state index contributed by atoms with van der Waals surface area (Å²) in [6.07, 6.45) is 4.72. The van der Waals surface area contributed by atoms with Gasteiger partial charge in [-0.3, -0.25) is 4.98 Å². The average Bonchev–Trinajstić information content (AvgIpc) is 2.81. The van der Waals surface area contributed by atoms with Crippen LogP contribution in [0.1, 0.15) is 12.0 Å². The molecule has 0 aliphatic carbocycles. The fourth-order valence-electron chi connectivity index (χ4n) is 2.92. The van der Waals surface area contributed by atoms with Crippen molar-refractivity contribution in [3.63, 3.8) is 0 Å². The molecule has 3 aromatic rings. The van der Waals surface area contributed by atoms with Gasteiger partial charge < -0.3 is 10.2 Å². The molecule has 1 aliphatic heterocycles. The number of nitrogens with zero attached hydrogens (tertiary/aromatic N) is 4. The minimum Gasteiger partial charge on any atom is -0.354 e. The molecule has 1 N–H and O–H groups in total. The lowest BCUT2D eigenvalue weighted by Gasteiger charge is -2.22. The van der Waals surface area contributed by atoms with Crippen LogP contribution in [0.2, 0.25) is 0 Å². The van der Waals surface area contributed by atoms with Gasteiger partial charge in [0.1, 0.15) is 0 Å². The van der Waals surface area contributed by atoms with Crippen LogP contribution in [0.5, 0.6) is 0 Å². The summed E-state index contributed by atoms with van der Waals surface area (Å²) in [7, 11) is 0. The van der Waals surface area contributed by atoms with E-state index in [9.17, 15) is 0 Å². The van der Waals surface area contributed by atoms with Crippen molar-refractivity contribution in [1.29, 1.82) is 0 Å². The summed E-state index contributed by atoms with van der Waals surface area (Å²) in [6, 6.07) is 3.94. The van der Waals surface area contributed by atoms with E-state index in [0.717, 1.165) is 55.3 Å². The number of pyridine rings is 1. The van der Waals surface area contributed by atoms with Crippen LogP contribution in [0, 0.1) is 6.92 Å². The molecule has 118 valence electrons. The number of hydrogen-bond acceptors (Lipinski definition) is 6. The van der Waals surface area contributed by atoms with Crippen molar-refractivity contribution in [3.8, 4) is 11.4 Å². The number of anilines is 1. The van der Waals surface area contributed by atoms with Crippen LogP contribution >= 0.6 is 11.3 Å². The van der Waals surface area contributed by atoms with Crippen molar-refractivity contribution >= 4 is 27.4 Å². The maximum absolute atomic E-state index is 4.92. The molecule has 23 heavy (non-hydrogen) atoms. The van der Waals surface area contributed by atoms with E-state index in [1.165, 1.54) is 10.3 Å². The second-order valence-electron chi connectivity index (χ2n) is 5.79. The molecule has 0 atom stereocenters. The second kappa shape index (κ2) is 6.22. The van der Waals surface area contributed by atoms with Crippen LogP contribution in [0.25, 0.3) is 21.6 Å². The number of aromatic nitrogens is 3. The summed E-state index contributed by atoms with van der Waals surface area (Å²) in [5, 5.41) is 5.63. The van der Waals surface area contributed by atoms with Crippen LogP contribution in [0.15, 0.2) is 29.9 Å². The number of aryl methyl sites for hydroxylation is 1. The molecule has 1 saturated heterocycles. The monoisotopic (exact) mass is 325 g/mol. The zero-order chi connectivity index (χ0) is 15.6. The van der Waals surface area contributed by atoms with Crippen molar-refractivity contribution in [1.82, 2.24) is 20.3 Å². The third kappa shape index (κ3) is 2.80. The van der Waals surface area contributed by atoms with Gasteiger partial charge in [0, 0.05) is 37.6 Å².